The van der Waals surface area contributed by atoms with E-state index in [0.29, 0.717) is 5.56 Å². The van der Waals surface area contributed by atoms with Crippen molar-refractivity contribution in [2.75, 3.05) is 0 Å². The number of carbonyl (C=O) groups is 2. The van der Waals surface area contributed by atoms with Gasteiger partial charge in [-0.3, -0.25) is 14.9 Å². The molecule has 1 amide bonds. The van der Waals surface area contributed by atoms with Crippen LogP contribution in [0.5, 0.6) is 0 Å². The fraction of sp³-hybridized carbons (Fsp3) is 0.412. The number of nitro groups is 1. The Balaban J connectivity index is 3.13. The van der Waals surface area contributed by atoms with Crippen LogP contribution in [-0.2, 0) is 10.2 Å². The molecule has 1 aromatic rings. The third-order valence-electron chi connectivity index (χ3n) is 3.48. The molecule has 0 saturated heterocycles. The molecular formula is C17H22N2O5. The Morgan fingerprint density at radius 2 is 2.00 bits per heavy atom. The number of nitro benzene ring substituents is 1. The second-order valence-corrected chi connectivity index (χ2v) is 6.41. The van der Waals surface area contributed by atoms with Crippen molar-refractivity contribution in [1.29, 1.82) is 0 Å². The fourth-order valence-electron chi connectivity index (χ4n) is 2.19. The van der Waals surface area contributed by atoms with E-state index in [1.54, 1.807) is 19.1 Å². The van der Waals surface area contributed by atoms with Gasteiger partial charge in [0.05, 0.1) is 4.92 Å². The summed E-state index contributed by atoms with van der Waals surface area (Å²) in [5.41, 5.74) is -0.0444. The molecule has 1 rings (SSSR count). The average molecular weight is 334 g/mol. The largest absolute Gasteiger partial charge is 0.480 e. The van der Waals surface area contributed by atoms with Gasteiger partial charge in [0.2, 0.25) is 0 Å². The zero-order valence-corrected chi connectivity index (χ0v) is 14.2. The first-order chi connectivity index (χ1) is 11.1. The number of nitrogens with one attached hydrogen (secondary N) is 1. The average Bonchev–Trinajstić information content (AvgIpc) is 2.49. The lowest BCUT2D eigenvalue weighted by molar-refractivity contribution is -0.386. The highest BCUT2D eigenvalue weighted by Gasteiger charge is 2.27. The summed E-state index contributed by atoms with van der Waals surface area (Å²) in [6.45, 7) is 7.27. The number of allylic oxidation sites excluding steroid dienone is 1. The number of hydrogen-bond acceptors (Lipinski definition) is 4. The summed E-state index contributed by atoms with van der Waals surface area (Å²) in [5.74, 6) is -1.82. The van der Waals surface area contributed by atoms with Crippen molar-refractivity contribution in [1.82, 2.24) is 5.32 Å². The predicted octanol–water partition coefficient (Wildman–Crippen LogP) is 3.04. The molecule has 24 heavy (non-hydrogen) atoms. The van der Waals surface area contributed by atoms with Crippen molar-refractivity contribution in [3.63, 3.8) is 0 Å². The Bertz CT molecular complexity index is 674. The lowest BCUT2D eigenvalue weighted by Gasteiger charge is -2.19. The van der Waals surface area contributed by atoms with Gasteiger partial charge in [0.15, 0.2) is 0 Å². The monoisotopic (exact) mass is 334 g/mol. The van der Waals surface area contributed by atoms with Gasteiger partial charge in [-0.1, -0.05) is 39.0 Å². The van der Waals surface area contributed by atoms with Crippen LogP contribution in [0.15, 0.2) is 30.4 Å². The van der Waals surface area contributed by atoms with Crippen LogP contribution in [0.2, 0.25) is 0 Å². The highest BCUT2D eigenvalue weighted by molar-refractivity contribution is 5.97. The minimum atomic E-state index is -1.16. The van der Waals surface area contributed by atoms with E-state index in [2.05, 4.69) is 5.32 Å². The van der Waals surface area contributed by atoms with Crippen molar-refractivity contribution >= 4 is 17.6 Å². The van der Waals surface area contributed by atoms with Crippen LogP contribution < -0.4 is 5.32 Å². The molecule has 7 nitrogen and oxygen atoms in total. The van der Waals surface area contributed by atoms with E-state index in [-0.39, 0.29) is 17.7 Å². The Kier molecular flexibility index (Phi) is 6.22. The molecule has 1 atom stereocenters. The number of nitrogens with zero attached hydrogens (tertiary/aromatic N) is 1. The van der Waals surface area contributed by atoms with Gasteiger partial charge in [-0.15, -0.1) is 0 Å². The van der Waals surface area contributed by atoms with Crippen LogP contribution in [0.1, 0.15) is 50.0 Å². The van der Waals surface area contributed by atoms with Crippen molar-refractivity contribution in [2.45, 2.75) is 45.6 Å². The van der Waals surface area contributed by atoms with E-state index < -0.39 is 28.3 Å². The van der Waals surface area contributed by atoms with Gasteiger partial charge in [-0.2, -0.15) is 0 Å². The number of amides is 1. The van der Waals surface area contributed by atoms with E-state index >= 15 is 0 Å². The van der Waals surface area contributed by atoms with Gasteiger partial charge in [0.1, 0.15) is 6.04 Å². The zero-order chi connectivity index (χ0) is 18.5. The van der Waals surface area contributed by atoms with Crippen molar-refractivity contribution < 1.29 is 19.6 Å². The Labute approximate surface area is 140 Å². The quantitative estimate of drug-likeness (QED) is 0.472. The molecule has 0 fully saturated rings. The smallest absolute Gasteiger partial charge is 0.326 e. The van der Waals surface area contributed by atoms with E-state index in [0.717, 1.165) is 0 Å². The summed E-state index contributed by atoms with van der Waals surface area (Å²) in [5, 5.41) is 22.8. The number of rotatable bonds is 6. The maximum absolute atomic E-state index is 12.2. The van der Waals surface area contributed by atoms with Gasteiger partial charge in [0.25, 0.3) is 11.6 Å². The van der Waals surface area contributed by atoms with Gasteiger partial charge in [-0.05, 0) is 24.8 Å². The predicted molar refractivity (Wildman–Crippen MR) is 90.1 cm³/mol. The highest BCUT2D eigenvalue weighted by atomic mass is 16.6. The molecule has 0 aromatic heterocycles. The number of benzene rings is 1. The van der Waals surface area contributed by atoms with E-state index in [9.17, 15) is 19.7 Å². The summed E-state index contributed by atoms with van der Waals surface area (Å²) in [6, 6.07) is 3.10. The number of hydrogen-bond donors (Lipinski definition) is 2. The van der Waals surface area contributed by atoms with Crippen LogP contribution in [0, 0.1) is 10.1 Å². The Morgan fingerprint density at radius 1 is 1.38 bits per heavy atom. The van der Waals surface area contributed by atoms with Crippen LogP contribution in [0.4, 0.5) is 5.69 Å². The second-order valence-electron chi connectivity index (χ2n) is 6.41. The summed E-state index contributed by atoms with van der Waals surface area (Å²) in [4.78, 5) is 34.2. The molecule has 1 aromatic carbocycles. The Hall–Kier alpha value is -2.70. The summed E-state index contributed by atoms with van der Waals surface area (Å²) >= 11 is 0. The number of carbonyl (C=O) groups excluding carboxylic acids is 1. The molecule has 1 unspecified atom stereocenters. The maximum Gasteiger partial charge on any atom is 0.326 e. The third kappa shape index (κ3) is 4.91. The van der Waals surface area contributed by atoms with E-state index in [1.165, 1.54) is 18.2 Å². The van der Waals surface area contributed by atoms with E-state index in [4.69, 9.17) is 5.11 Å². The number of carboxylic acids is 1. The molecule has 0 bridgehead atoms. The topological polar surface area (TPSA) is 110 Å². The summed E-state index contributed by atoms with van der Waals surface area (Å²) < 4.78 is 0. The molecule has 0 spiro atoms. The molecular weight excluding hydrogens is 312 g/mol. The first kappa shape index (κ1) is 19.3. The molecule has 0 aliphatic heterocycles. The van der Waals surface area contributed by atoms with Crippen LogP contribution >= 0.6 is 0 Å². The molecule has 130 valence electrons. The first-order valence-corrected chi connectivity index (χ1v) is 7.51. The van der Waals surface area contributed by atoms with Gasteiger partial charge in [-0.25, -0.2) is 4.79 Å². The molecule has 7 heteroatoms. The third-order valence-corrected chi connectivity index (χ3v) is 3.48. The lowest BCUT2D eigenvalue weighted by Crippen LogP contribution is -2.40. The van der Waals surface area contributed by atoms with Crippen molar-refractivity contribution in [3.8, 4) is 0 Å². The molecule has 2 N–H and O–H groups in total. The van der Waals surface area contributed by atoms with Gasteiger partial charge < -0.3 is 10.4 Å². The minimum absolute atomic E-state index is 0.0569. The van der Waals surface area contributed by atoms with Crippen LogP contribution in [-0.4, -0.2) is 27.9 Å². The van der Waals surface area contributed by atoms with Gasteiger partial charge >= 0.3 is 5.97 Å². The molecule has 0 aliphatic rings. The first-order valence-electron chi connectivity index (χ1n) is 7.51. The molecule has 0 saturated carbocycles. The SMILES string of the molecule is C/C=C/CC(NC(=O)c1ccc(C(C)(C)C)c([N+](=O)[O-])c1)C(=O)O. The zero-order valence-electron chi connectivity index (χ0n) is 14.2. The number of aliphatic carboxylic acids is 1. The van der Waals surface area contributed by atoms with Crippen molar-refractivity contribution in [3.05, 3.63) is 51.6 Å². The van der Waals surface area contributed by atoms with Gasteiger partial charge in [0, 0.05) is 17.2 Å². The highest BCUT2D eigenvalue weighted by Crippen LogP contribution is 2.31. The normalized spacial score (nSPS) is 12.8. The lowest BCUT2D eigenvalue weighted by atomic mass is 9.85. The second kappa shape index (κ2) is 7.72. The van der Waals surface area contributed by atoms with Crippen LogP contribution in [0.3, 0.4) is 0 Å². The molecule has 0 heterocycles. The summed E-state index contributed by atoms with van der Waals surface area (Å²) in [7, 11) is 0. The van der Waals surface area contributed by atoms with Crippen molar-refractivity contribution in [2.24, 2.45) is 0 Å². The molecule has 0 radical (unpaired) electrons. The van der Waals surface area contributed by atoms with Crippen LogP contribution in [0.25, 0.3) is 0 Å². The minimum Gasteiger partial charge on any atom is -0.480 e. The molecule has 0 aliphatic carbocycles. The standard InChI is InChI=1S/C17H22N2O5/c1-5-6-7-13(16(21)22)18-15(20)11-8-9-12(17(2,3)4)14(10-11)19(23)24/h5-6,8-10,13H,7H2,1-4H3,(H,18,20)(H,21,22)/b6-5+. The maximum atomic E-state index is 12.2. The number of carboxylic acid groups (broad SMARTS) is 1. The summed E-state index contributed by atoms with van der Waals surface area (Å²) in [6.07, 6.45) is 3.45. The Morgan fingerprint density at radius 3 is 2.46 bits per heavy atom. The van der Waals surface area contributed by atoms with E-state index in [1.807, 2.05) is 20.8 Å². The fourth-order valence-corrected chi connectivity index (χ4v) is 2.19.